The molecule has 2 N–H and O–H groups in total. The number of aromatic nitrogens is 4. The lowest BCUT2D eigenvalue weighted by Crippen LogP contribution is -2.37. The van der Waals surface area contributed by atoms with Crippen molar-refractivity contribution in [1.29, 1.82) is 0 Å². The summed E-state index contributed by atoms with van der Waals surface area (Å²) < 4.78 is 10.2. The number of ether oxygens (including phenoxy) is 1. The molecule has 0 unspecified atom stereocenters. The molecule has 35 heavy (non-hydrogen) atoms. The molecule has 1 aromatic carbocycles. The van der Waals surface area contributed by atoms with Crippen molar-refractivity contribution in [3.63, 3.8) is 0 Å². The van der Waals surface area contributed by atoms with Crippen LogP contribution in [0.3, 0.4) is 0 Å². The number of hydrogen-bond donors (Lipinski definition) is 1. The molecule has 188 valence electrons. The average Bonchev–Trinajstić information content (AvgIpc) is 3.14. The lowest BCUT2D eigenvalue weighted by Gasteiger charge is -2.09. The van der Waals surface area contributed by atoms with Gasteiger partial charge in [0.25, 0.3) is 5.82 Å². The maximum absolute atomic E-state index is 12.8. The van der Waals surface area contributed by atoms with E-state index in [0.717, 1.165) is 42.9 Å². The largest absolute Gasteiger partial charge is 0.486 e. The minimum atomic E-state index is -0.204. The van der Waals surface area contributed by atoms with Crippen LogP contribution in [0, 0.1) is 0 Å². The third-order valence-corrected chi connectivity index (χ3v) is 6.04. The predicted molar refractivity (Wildman–Crippen MR) is 136 cm³/mol. The van der Waals surface area contributed by atoms with E-state index in [1.165, 1.54) is 6.20 Å². The van der Waals surface area contributed by atoms with Gasteiger partial charge in [0.1, 0.15) is 23.2 Å². The fraction of sp³-hybridized carbons (Fsp3) is 0.480. The van der Waals surface area contributed by atoms with Gasteiger partial charge in [0, 0.05) is 18.9 Å². The van der Waals surface area contributed by atoms with Crippen LogP contribution in [0.4, 0.5) is 5.82 Å². The number of nitrogens with two attached hydrogens (primary N) is 1. The van der Waals surface area contributed by atoms with Gasteiger partial charge in [-0.25, -0.2) is 19.1 Å². The van der Waals surface area contributed by atoms with E-state index in [4.69, 9.17) is 22.1 Å². The molecule has 3 rings (SSSR count). The summed E-state index contributed by atoms with van der Waals surface area (Å²) in [5.74, 6) is 1.63. The Hall–Kier alpha value is -3.04. The number of imidazole rings is 1. The van der Waals surface area contributed by atoms with Crippen LogP contribution in [0.2, 0.25) is 5.15 Å². The quantitative estimate of drug-likeness (QED) is 0.283. The van der Waals surface area contributed by atoms with E-state index in [1.54, 1.807) is 0 Å². The van der Waals surface area contributed by atoms with E-state index in [2.05, 4.69) is 37.8 Å². The van der Waals surface area contributed by atoms with Crippen LogP contribution in [-0.2, 0) is 24.3 Å². The Labute approximate surface area is 210 Å². The highest BCUT2D eigenvalue weighted by atomic mass is 35.5. The zero-order chi connectivity index (χ0) is 25.5. The van der Waals surface area contributed by atoms with Crippen molar-refractivity contribution in [2.24, 2.45) is 0 Å². The molecule has 0 spiro atoms. The summed E-state index contributed by atoms with van der Waals surface area (Å²) in [5, 5.41) is 0.137. The summed E-state index contributed by atoms with van der Waals surface area (Å²) in [6.07, 6.45) is 3.37. The third kappa shape index (κ3) is 6.55. The first-order valence-corrected chi connectivity index (χ1v) is 12.3. The molecule has 10 heteroatoms. The highest BCUT2D eigenvalue weighted by Crippen LogP contribution is 2.23. The number of fused-ring (bicyclic) bond motifs is 1. The summed E-state index contributed by atoms with van der Waals surface area (Å²) >= 11 is 5.90. The van der Waals surface area contributed by atoms with Gasteiger partial charge in [0.05, 0.1) is 25.7 Å². The SMILES string of the molecule is CCn1c(CCC(=O)c2nc(Cl)cnc2N)[n+](CC)c2ccc(OCC(=O)CCCN(C)C)cc21. The molecule has 0 atom stereocenters. The number of ketones is 2. The molecule has 2 aromatic heterocycles. The van der Waals surface area contributed by atoms with E-state index in [0.29, 0.717) is 18.6 Å². The normalized spacial score (nSPS) is 11.4. The maximum Gasteiger partial charge on any atom is 0.257 e. The first-order chi connectivity index (χ1) is 16.7. The number of benzene rings is 1. The van der Waals surface area contributed by atoms with Gasteiger partial charge in [-0.3, -0.25) is 9.59 Å². The van der Waals surface area contributed by atoms with Crippen LogP contribution < -0.4 is 15.0 Å². The van der Waals surface area contributed by atoms with Crippen LogP contribution >= 0.6 is 11.6 Å². The smallest absolute Gasteiger partial charge is 0.257 e. The van der Waals surface area contributed by atoms with E-state index in [1.807, 2.05) is 32.3 Å². The summed E-state index contributed by atoms with van der Waals surface area (Å²) in [6, 6.07) is 5.85. The molecular weight excluding hydrogens is 468 g/mol. The van der Waals surface area contributed by atoms with Gasteiger partial charge in [-0.05, 0) is 53.0 Å². The second-order valence-electron chi connectivity index (χ2n) is 8.64. The molecule has 0 aliphatic carbocycles. The highest BCUT2D eigenvalue weighted by Gasteiger charge is 2.25. The summed E-state index contributed by atoms with van der Waals surface area (Å²) in [6.45, 7) is 6.54. The standard InChI is InChI=1S/C25H33ClN6O3/c1-5-31-19-10-9-18(35-16-17(33)8-7-13-30(3)4)14-20(19)32(6-2)23(31)12-11-21(34)24-25(27)28-15-22(26)29-24/h9-10,14-15H,5-8,11-13,16H2,1-4H3,(H-,27,28,34)/p+1. The van der Waals surface area contributed by atoms with Gasteiger partial charge >= 0.3 is 0 Å². The highest BCUT2D eigenvalue weighted by molar-refractivity contribution is 6.29. The van der Waals surface area contributed by atoms with Crippen molar-refractivity contribution >= 4 is 40.0 Å². The molecule has 0 aliphatic rings. The van der Waals surface area contributed by atoms with Gasteiger partial charge in [0.2, 0.25) is 0 Å². The Morgan fingerprint density at radius 1 is 1.23 bits per heavy atom. The van der Waals surface area contributed by atoms with Crippen molar-refractivity contribution in [3.05, 3.63) is 41.1 Å². The van der Waals surface area contributed by atoms with Crippen molar-refractivity contribution < 1.29 is 18.9 Å². The van der Waals surface area contributed by atoms with Gasteiger partial charge in [-0.2, -0.15) is 0 Å². The molecule has 3 aromatic rings. The van der Waals surface area contributed by atoms with E-state index in [-0.39, 0.29) is 41.3 Å². The Morgan fingerprint density at radius 3 is 2.69 bits per heavy atom. The number of carbonyl (C=O) groups excluding carboxylic acids is 2. The molecule has 0 saturated carbocycles. The van der Waals surface area contributed by atoms with Gasteiger partial charge < -0.3 is 15.4 Å². The molecule has 0 fully saturated rings. The van der Waals surface area contributed by atoms with E-state index < -0.39 is 0 Å². The summed E-state index contributed by atoms with van der Waals surface area (Å²) in [4.78, 5) is 35.0. The maximum atomic E-state index is 12.8. The third-order valence-electron chi connectivity index (χ3n) is 5.86. The second-order valence-corrected chi connectivity index (χ2v) is 9.03. The Bertz CT molecular complexity index is 1210. The van der Waals surface area contributed by atoms with E-state index >= 15 is 0 Å². The van der Waals surface area contributed by atoms with Crippen LogP contribution in [0.25, 0.3) is 11.0 Å². The zero-order valence-corrected chi connectivity index (χ0v) is 21.6. The number of nitrogen functional groups attached to an aromatic ring is 1. The van der Waals surface area contributed by atoms with Gasteiger partial charge in [-0.1, -0.05) is 11.6 Å². The monoisotopic (exact) mass is 501 g/mol. The summed E-state index contributed by atoms with van der Waals surface area (Å²) in [5.41, 5.74) is 7.98. The number of aryl methyl sites for hydroxylation is 2. The Morgan fingerprint density at radius 2 is 2.00 bits per heavy atom. The second kappa shape index (κ2) is 12.1. The minimum Gasteiger partial charge on any atom is -0.486 e. The fourth-order valence-corrected chi connectivity index (χ4v) is 4.32. The number of carbonyl (C=O) groups is 2. The number of halogens is 1. The molecule has 0 saturated heterocycles. The lowest BCUT2D eigenvalue weighted by atomic mass is 10.1. The van der Waals surface area contributed by atoms with E-state index in [9.17, 15) is 9.59 Å². The molecule has 9 nitrogen and oxygen atoms in total. The molecule has 0 radical (unpaired) electrons. The number of anilines is 1. The molecule has 2 heterocycles. The van der Waals surface area contributed by atoms with Crippen LogP contribution in [0.15, 0.2) is 24.4 Å². The van der Waals surface area contributed by atoms with Crippen molar-refractivity contribution in [3.8, 4) is 5.75 Å². The average molecular weight is 502 g/mol. The number of nitrogens with zero attached hydrogens (tertiary/aromatic N) is 5. The first kappa shape index (κ1) is 26.6. The first-order valence-electron chi connectivity index (χ1n) is 11.9. The van der Waals surface area contributed by atoms with Crippen molar-refractivity contribution in [1.82, 2.24) is 19.4 Å². The molecular formula is C25H34ClN6O3+. The molecule has 0 bridgehead atoms. The Kier molecular flexibility index (Phi) is 9.17. The van der Waals surface area contributed by atoms with Gasteiger partial charge in [-0.15, -0.1) is 0 Å². The number of Topliss-reactive ketones (excluding diaryl/α,β-unsaturated/α-hetero) is 2. The molecule has 0 amide bonds. The lowest BCUT2D eigenvalue weighted by molar-refractivity contribution is -0.676. The zero-order valence-electron chi connectivity index (χ0n) is 20.9. The summed E-state index contributed by atoms with van der Waals surface area (Å²) in [7, 11) is 3.99. The number of hydrogen-bond acceptors (Lipinski definition) is 7. The Balaban J connectivity index is 1.78. The van der Waals surface area contributed by atoms with Gasteiger partial charge in [0.15, 0.2) is 28.4 Å². The fourth-order valence-electron chi connectivity index (χ4n) is 4.19. The van der Waals surface area contributed by atoms with Crippen LogP contribution in [0.1, 0.15) is 49.4 Å². The van der Waals surface area contributed by atoms with Crippen molar-refractivity contribution in [2.75, 3.05) is 33.0 Å². The van der Waals surface area contributed by atoms with Crippen LogP contribution in [0.5, 0.6) is 5.75 Å². The minimum absolute atomic E-state index is 0.0585. The van der Waals surface area contributed by atoms with Crippen molar-refractivity contribution in [2.45, 2.75) is 52.6 Å². The topological polar surface area (TPSA) is 107 Å². The number of rotatable bonds is 13. The predicted octanol–water partition coefficient (Wildman–Crippen LogP) is 3.10. The molecule has 0 aliphatic heterocycles. The van der Waals surface area contributed by atoms with Crippen LogP contribution in [-0.4, -0.2) is 58.2 Å².